The molecule has 108 valence electrons. The smallest absolute Gasteiger partial charge is 0.267 e. The van der Waals surface area contributed by atoms with Gasteiger partial charge in [-0.25, -0.2) is 4.98 Å². The number of aliphatic hydroxyl groups is 1. The van der Waals surface area contributed by atoms with Crippen LogP contribution in [0.1, 0.15) is 30.4 Å². The average molecular weight is 286 g/mol. The Morgan fingerprint density at radius 1 is 1.58 bits per heavy atom. The third kappa shape index (κ3) is 4.36. The lowest BCUT2D eigenvalue weighted by Crippen LogP contribution is -2.33. The largest absolute Gasteiger partial charge is 0.395 e. The summed E-state index contributed by atoms with van der Waals surface area (Å²) < 4.78 is 0. The molecule has 4 N–H and O–H groups in total. The number of hydrogen-bond donors (Lipinski definition) is 3. The van der Waals surface area contributed by atoms with Gasteiger partial charge in [0.15, 0.2) is 5.13 Å². The molecule has 0 aliphatic rings. The van der Waals surface area contributed by atoms with Crippen LogP contribution in [0.15, 0.2) is 0 Å². The lowest BCUT2D eigenvalue weighted by molar-refractivity contribution is 0.0737. The quantitative estimate of drug-likeness (QED) is 0.701. The monoisotopic (exact) mass is 286 g/mol. The Bertz CT molecular complexity index is 420. The number of amides is 1. The zero-order valence-electron chi connectivity index (χ0n) is 11.6. The number of hydrogen-bond acceptors (Lipinski definition) is 6. The van der Waals surface area contributed by atoms with Crippen LogP contribution in [0, 0.1) is 5.92 Å². The minimum absolute atomic E-state index is 0.0588. The fourth-order valence-electron chi connectivity index (χ4n) is 1.52. The maximum atomic E-state index is 12.2. The van der Waals surface area contributed by atoms with Gasteiger partial charge in [-0.15, -0.1) is 0 Å². The lowest BCUT2D eigenvalue weighted by atomic mass is 10.2. The summed E-state index contributed by atoms with van der Waals surface area (Å²) in [7, 11) is 0. The van der Waals surface area contributed by atoms with Crippen LogP contribution < -0.4 is 11.1 Å². The highest BCUT2D eigenvalue weighted by molar-refractivity contribution is 7.18. The zero-order chi connectivity index (χ0) is 14.4. The molecule has 6 nitrogen and oxygen atoms in total. The minimum atomic E-state index is -0.177. The number of nitrogens with one attached hydrogen (secondary N) is 1. The highest BCUT2D eigenvalue weighted by Crippen LogP contribution is 2.26. The van der Waals surface area contributed by atoms with Gasteiger partial charge in [-0.05, 0) is 12.8 Å². The summed E-state index contributed by atoms with van der Waals surface area (Å²) >= 11 is 1.26. The summed E-state index contributed by atoms with van der Waals surface area (Å²) in [5.41, 5.74) is 5.79. The molecule has 19 heavy (non-hydrogen) atoms. The Balaban J connectivity index is 2.79. The second-order valence-corrected chi connectivity index (χ2v) is 5.62. The molecule has 0 aliphatic carbocycles. The van der Waals surface area contributed by atoms with Crippen LogP contribution in [0.25, 0.3) is 0 Å². The molecule has 0 bridgehead atoms. The standard InChI is InChI=1S/C12H22N4O2S/c1-4-16(5-6-17)11(18)9-10(13)15-12(19-9)14-7-8(2)3/h8,17H,4-7,13H2,1-3H3,(H,14,15). The molecule has 0 aliphatic heterocycles. The summed E-state index contributed by atoms with van der Waals surface area (Å²) in [6.07, 6.45) is 0. The average Bonchev–Trinajstić information content (AvgIpc) is 2.74. The summed E-state index contributed by atoms with van der Waals surface area (Å²) in [5.74, 6) is 0.563. The fraction of sp³-hybridized carbons (Fsp3) is 0.667. The molecule has 0 unspecified atom stereocenters. The van der Waals surface area contributed by atoms with Crippen LogP contribution in [-0.2, 0) is 0 Å². The first kappa shape index (κ1) is 15.7. The van der Waals surface area contributed by atoms with E-state index in [4.69, 9.17) is 10.8 Å². The highest BCUT2D eigenvalue weighted by Gasteiger charge is 2.20. The number of nitrogens with zero attached hydrogens (tertiary/aromatic N) is 2. The summed E-state index contributed by atoms with van der Waals surface area (Å²) in [6, 6.07) is 0. The van der Waals surface area contributed by atoms with Gasteiger partial charge in [0.1, 0.15) is 10.7 Å². The van der Waals surface area contributed by atoms with Crippen LogP contribution in [0.2, 0.25) is 0 Å². The van der Waals surface area contributed by atoms with Crippen molar-refractivity contribution < 1.29 is 9.90 Å². The predicted molar refractivity (Wildman–Crippen MR) is 78.5 cm³/mol. The van der Waals surface area contributed by atoms with Gasteiger partial charge < -0.3 is 21.1 Å². The first-order chi connectivity index (χ1) is 8.99. The van der Waals surface area contributed by atoms with Crippen molar-refractivity contribution in [3.05, 3.63) is 4.88 Å². The van der Waals surface area contributed by atoms with E-state index in [1.807, 2.05) is 6.92 Å². The molecule has 0 saturated carbocycles. The number of aromatic nitrogens is 1. The molecule has 0 radical (unpaired) electrons. The third-order valence-electron chi connectivity index (χ3n) is 2.55. The molecular weight excluding hydrogens is 264 g/mol. The number of nitrogens with two attached hydrogens (primary N) is 1. The van der Waals surface area contributed by atoms with E-state index >= 15 is 0 Å². The maximum Gasteiger partial charge on any atom is 0.267 e. The Morgan fingerprint density at radius 3 is 2.79 bits per heavy atom. The van der Waals surface area contributed by atoms with E-state index in [2.05, 4.69) is 24.1 Å². The van der Waals surface area contributed by atoms with Crippen molar-refractivity contribution in [2.24, 2.45) is 5.92 Å². The summed E-state index contributed by atoms with van der Waals surface area (Å²) in [5, 5.41) is 12.8. The number of aliphatic hydroxyl groups excluding tert-OH is 1. The van der Waals surface area contributed by atoms with Gasteiger partial charge in [-0.2, -0.15) is 0 Å². The maximum absolute atomic E-state index is 12.2. The van der Waals surface area contributed by atoms with E-state index in [1.54, 1.807) is 4.90 Å². The van der Waals surface area contributed by atoms with E-state index in [0.717, 1.165) is 6.54 Å². The molecule has 0 fully saturated rings. The Morgan fingerprint density at radius 2 is 2.26 bits per heavy atom. The highest BCUT2D eigenvalue weighted by atomic mass is 32.1. The molecule has 1 rings (SSSR count). The Labute approximate surface area is 117 Å². The van der Waals surface area contributed by atoms with Crippen LogP contribution in [0.3, 0.4) is 0 Å². The van der Waals surface area contributed by atoms with Crippen LogP contribution >= 0.6 is 11.3 Å². The normalized spacial score (nSPS) is 10.8. The Kier molecular flexibility index (Phi) is 6.04. The molecule has 1 amide bonds. The lowest BCUT2D eigenvalue weighted by Gasteiger charge is -2.18. The molecular formula is C12H22N4O2S. The van der Waals surface area contributed by atoms with E-state index in [1.165, 1.54) is 11.3 Å². The fourth-order valence-corrected chi connectivity index (χ4v) is 2.38. The van der Waals surface area contributed by atoms with Crippen molar-refractivity contribution in [1.29, 1.82) is 0 Å². The van der Waals surface area contributed by atoms with Gasteiger partial charge in [-0.1, -0.05) is 25.2 Å². The third-order valence-corrected chi connectivity index (χ3v) is 3.56. The summed E-state index contributed by atoms with van der Waals surface area (Å²) in [4.78, 5) is 18.4. The molecule has 0 aromatic carbocycles. The number of nitrogen functional groups attached to an aromatic ring is 1. The number of rotatable bonds is 7. The van der Waals surface area contributed by atoms with Crippen LogP contribution in [0.5, 0.6) is 0 Å². The number of thiazole rings is 1. The van der Waals surface area contributed by atoms with Crippen molar-refractivity contribution in [2.45, 2.75) is 20.8 Å². The number of likely N-dealkylation sites (N-methyl/N-ethyl adjacent to an activating group) is 1. The Hall–Kier alpha value is -1.34. The second-order valence-electron chi connectivity index (χ2n) is 4.62. The first-order valence-electron chi connectivity index (χ1n) is 6.39. The molecule has 0 saturated heterocycles. The molecule has 7 heteroatoms. The number of carbonyl (C=O) groups is 1. The SMILES string of the molecule is CCN(CCO)C(=O)c1sc(NCC(C)C)nc1N. The van der Waals surface area contributed by atoms with Gasteiger partial charge >= 0.3 is 0 Å². The van der Waals surface area contributed by atoms with Gasteiger partial charge in [0.2, 0.25) is 0 Å². The van der Waals surface area contributed by atoms with Crippen molar-refractivity contribution in [3.63, 3.8) is 0 Å². The molecule has 0 spiro atoms. The van der Waals surface area contributed by atoms with Crippen LogP contribution in [-0.4, -0.2) is 47.1 Å². The van der Waals surface area contributed by atoms with Gasteiger partial charge in [0, 0.05) is 19.6 Å². The molecule has 1 aromatic rings. The van der Waals surface area contributed by atoms with Crippen molar-refractivity contribution in [2.75, 3.05) is 37.3 Å². The number of anilines is 2. The molecule has 1 heterocycles. The first-order valence-corrected chi connectivity index (χ1v) is 7.21. The van der Waals surface area contributed by atoms with Crippen molar-refractivity contribution in [3.8, 4) is 0 Å². The molecule has 0 atom stereocenters. The summed E-state index contributed by atoms with van der Waals surface area (Å²) in [6.45, 7) is 7.62. The molecule has 1 aromatic heterocycles. The zero-order valence-corrected chi connectivity index (χ0v) is 12.5. The van der Waals surface area contributed by atoms with E-state index < -0.39 is 0 Å². The van der Waals surface area contributed by atoms with E-state index in [0.29, 0.717) is 29.0 Å². The minimum Gasteiger partial charge on any atom is -0.395 e. The van der Waals surface area contributed by atoms with Crippen molar-refractivity contribution in [1.82, 2.24) is 9.88 Å². The van der Waals surface area contributed by atoms with Gasteiger partial charge in [0.05, 0.1) is 6.61 Å². The van der Waals surface area contributed by atoms with Gasteiger partial charge in [-0.3, -0.25) is 4.79 Å². The van der Waals surface area contributed by atoms with Crippen LogP contribution in [0.4, 0.5) is 10.9 Å². The van der Waals surface area contributed by atoms with E-state index in [-0.39, 0.29) is 18.3 Å². The number of carbonyl (C=O) groups excluding carboxylic acids is 1. The van der Waals surface area contributed by atoms with E-state index in [9.17, 15) is 4.79 Å². The second kappa shape index (κ2) is 7.30. The predicted octanol–water partition coefficient (Wildman–Crippen LogP) is 1.25. The van der Waals surface area contributed by atoms with Crippen molar-refractivity contribution >= 4 is 28.2 Å². The topological polar surface area (TPSA) is 91.5 Å². The van der Waals surface area contributed by atoms with Gasteiger partial charge in [0.25, 0.3) is 5.91 Å².